The van der Waals surface area contributed by atoms with Crippen molar-refractivity contribution < 1.29 is 19.8 Å². The molecule has 0 amide bonds. The van der Waals surface area contributed by atoms with Crippen LogP contribution in [-0.2, 0) is 9.59 Å². The molecule has 4 nitrogen and oxygen atoms in total. The minimum atomic E-state index is -1.65. The van der Waals surface area contributed by atoms with Crippen molar-refractivity contribution in [1.29, 1.82) is 0 Å². The van der Waals surface area contributed by atoms with Crippen molar-refractivity contribution >= 4 is 11.9 Å². The van der Waals surface area contributed by atoms with Gasteiger partial charge in [0.15, 0.2) is 5.41 Å². The molecule has 0 bridgehead atoms. The molecule has 0 saturated heterocycles. The summed E-state index contributed by atoms with van der Waals surface area (Å²) in [5, 5.41) is 18.3. The quantitative estimate of drug-likeness (QED) is 0.538. The Morgan fingerprint density at radius 1 is 1.27 bits per heavy atom. The minimum absolute atomic E-state index is 0.463. The number of allylic oxidation sites excluding steroid dienone is 1. The molecule has 1 rings (SSSR count). The molecule has 0 heterocycles. The Labute approximate surface area is 88.6 Å². The van der Waals surface area contributed by atoms with Gasteiger partial charge in [0.25, 0.3) is 0 Å². The molecule has 0 aromatic rings. The zero-order valence-electron chi connectivity index (χ0n) is 8.99. The number of hydrogen-bond donors (Lipinski definition) is 2. The Morgan fingerprint density at radius 2 is 1.67 bits per heavy atom. The zero-order valence-corrected chi connectivity index (χ0v) is 8.99. The second kappa shape index (κ2) is 3.36. The van der Waals surface area contributed by atoms with E-state index in [2.05, 4.69) is 6.58 Å². The molecule has 15 heavy (non-hydrogen) atoms. The number of carbonyl (C=O) groups is 2. The Morgan fingerprint density at radius 3 is 1.73 bits per heavy atom. The van der Waals surface area contributed by atoms with Crippen LogP contribution in [0.15, 0.2) is 12.7 Å². The molecule has 4 heteroatoms. The summed E-state index contributed by atoms with van der Waals surface area (Å²) >= 11 is 0. The Hall–Kier alpha value is -1.32. The van der Waals surface area contributed by atoms with Crippen molar-refractivity contribution in [3.05, 3.63) is 12.7 Å². The first-order valence-electron chi connectivity index (χ1n) is 5.05. The predicted octanol–water partition coefficient (Wildman–Crippen LogP) is 1.76. The SMILES string of the molecule is C=CC1C(CC)(CC)C1(C(=O)O)C(=O)O. The Bertz CT molecular complexity index is 301. The van der Waals surface area contributed by atoms with E-state index >= 15 is 0 Å². The molecular weight excluding hydrogens is 196 g/mol. The fraction of sp³-hybridized carbons (Fsp3) is 0.636. The van der Waals surface area contributed by atoms with Crippen molar-refractivity contribution in [1.82, 2.24) is 0 Å². The fourth-order valence-corrected chi connectivity index (χ4v) is 3.06. The summed E-state index contributed by atoms with van der Waals surface area (Å²) in [5.41, 5.74) is -2.31. The fourth-order valence-electron chi connectivity index (χ4n) is 3.06. The molecule has 0 aliphatic heterocycles. The molecule has 84 valence electrons. The lowest BCUT2D eigenvalue weighted by Crippen LogP contribution is -2.32. The molecule has 1 saturated carbocycles. The van der Waals surface area contributed by atoms with Gasteiger partial charge in [-0.3, -0.25) is 9.59 Å². The van der Waals surface area contributed by atoms with E-state index < -0.39 is 28.7 Å². The van der Waals surface area contributed by atoms with Gasteiger partial charge in [0, 0.05) is 11.3 Å². The number of carboxylic acid groups (broad SMARTS) is 2. The summed E-state index contributed by atoms with van der Waals surface area (Å²) < 4.78 is 0. The van der Waals surface area contributed by atoms with Crippen LogP contribution in [0, 0.1) is 16.7 Å². The number of carboxylic acids is 2. The highest BCUT2D eigenvalue weighted by atomic mass is 16.4. The van der Waals surface area contributed by atoms with Gasteiger partial charge >= 0.3 is 11.9 Å². The van der Waals surface area contributed by atoms with E-state index in [1.807, 2.05) is 13.8 Å². The minimum Gasteiger partial charge on any atom is -0.480 e. The van der Waals surface area contributed by atoms with E-state index in [0.29, 0.717) is 12.8 Å². The van der Waals surface area contributed by atoms with Gasteiger partial charge in [-0.15, -0.1) is 6.58 Å². The first kappa shape index (κ1) is 11.8. The van der Waals surface area contributed by atoms with Gasteiger partial charge < -0.3 is 10.2 Å². The van der Waals surface area contributed by atoms with E-state index in [0.717, 1.165) is 0 Å². The van der Waals surface area contributed by atoms with Gasteiger partial charge in [0.05, 0.1) is 0 Å². The van der Waals surface area contributed by atoms with Crippen LogP contribution in [0.25, 0.3) is 0 Å². The monoisotopic (exact) mass is 212 g/mol. The molecule has 0 aromatic carbocycles. The van der Waals surface area contributed by atoms with E-state index in [-0.39, 0.29) is 0 Å². The van der Waals surface area contributed by atoms with E-state index in [1.54, 1.807) is 0 Å². The van der Waals surface area contributed by atoms with Crippen molar-refractivity contribution in [3.63, 3.8) is 0 Å². The maximum absolute atomic E-state index is 11.2. The molecule has 1 unspecified atom stereocenters. The highest BCUT2D eigenvalue weighted by Gasteiger charge is 2.82. The van der Waals surface area contributed by atoms with Crippen LogP contribution < -0.4 is 0 Å². The van der Waals surface area contributed by atoms with Gasteiger partial charge in [-0.25, -0.2) is 0 Å². The van der Waals surface area contributed by atoms with E-state index in [9.17, 15) is 9.59 Å². The predicted molar refractivity (Wildman–Crippen MR) is 54.4 cm³/mol. The van der Waals surface area contributed by atoms with Crippen LogP contribution >= 0.6 is 0 Å². The van der Waals surface area contributed by atoms with Crippen LogP contribution in [0.4, 0.5) is 0 Å². The highest BCUT2D eigenvalue weighted by molar-refractivity contribution is 6.04. The standard InChI is InChI=1S/C11H16O4/c1-4-7-10(5-2,6-3)11(7,8(12)13)9(14)15/h4,7H,1,5-6H2,2-3H3,(H,12,13)(H,14,15). The van der Waals surface area contributed by atoms with Gasteiger partial charge in [-0.1, -0.05) is 19.9 Å². The molecule has 1 aliphatic carbocycles. The summed E-state index contributed by atoms with van der Waals surface area (Å²) in [6.07, 6.45) is 2.55. The maximum Gasteiger partial charge on any atom is 0.322 e. The summed E-state index contributed by atoms with van der Waals surface area (Å²) in [6.45, 7) is 7.20. The van der Waals surface area contributed by atoms with Gasteiger partial charge in [-0.2, -0.15) is 0 Å². The van der Waals surface area contributed by atoms with Crippen molar-refractivity contribution in [2.45, 2.75) is 26.7 Å². The zero-order chi connectivity index (χ0) is 11.9. The average molecular weight is 212 g/mol. The molecule has 0 radical (unpaired) electrons. The van der Waals surface area contributed by atoms with Gasteiger partial charge in [0.1, 0.15) is 0 Å². The molecule has 2 N–H and O–H groups in total. The molecule has 0 spiro atoms. The average Bonchev–Trinajstić information content (AvgIpc) is 2.81. The van der Waals surface area contributed by atoms with Crippen molar-refractivity contribution in [3.8, 4) is 0 Å². The normalized spacial score (nSPS) is 25.6. The first-order chi connectivity index (χ1) is 6.95. The van der Waals surface area contributed by atoms with E-state index in [1.165, 1.54) is 6.08 Å². The Balaban J connectivity index is 3.28. The third kappa shape index (κ3) is 1.02. The highest BCUT2D eigenvalue weighted by Crippen LogP contribution is 2.73. The second-order valence-corrected chi connectivity index (χ2v) is 3.99. The number of rotatable bonds is 5. The summed E-state index contributed by atoms with van der Waals surface area (Å²) in [4.78, 5) is 22.4. The first-order valence-corrected chi connectivity index (χ1v) is 5.05. The van der Waals surface area contributed by atoms with Crippen LogP contribution in [0.5, 0.6) is 0 Å². The number of aliphatic carboxylic acids is 2. The number of hydrogen-bond acceptors (Lipinski definition) is 2. The largest absolute Gasteiger partial charge is 0.480 e. The van der Waals surface area contributed by atoms with Gasteiger partial charge in [-0.05, 0) is 12.8 Å². The molecule has 0 aromatic heterocycles. The lowest BCUT2D eigenvalue weighted by atomic mass is 9.88. The molecule has 1 atom stereocenters. The topological polar surface area (TPSA) is 74.6 Å². The summed E-state index contributed by atoms with van der Waals surface area (Å²) in [6, 6.07) is 0. The lowest BCUT2D eigenvalue weighted by molar-refractivity contribution is -0.159. The molecule has 1 aliphatic rings. The third-order valence-electron chi connectivity index (χ3n) is 3.94. The van der Waals surface area contributed by atoms with Gasteiger partial charge in [0.2, 0.25) is 0 Å². The molecule has 1 fully saturated rings. The van der Waals surface area contributed by atoms with Crippen LogP contribution in [0.2, 0.25) is 0 Å². The van der Waals surface area contributed by atoms with Crippen LogP contribution in [-0.4, -0.2) is 22.2 Å². The van der Waals surface area contributed by atoms with E-state index in [4.69, 9.17) is 10.2 Å². The Kier molecular flexibility index (Phi) is 2.63. The van der Waals surface area contributed by atoms with Crippen LogP contribution in [0.3, 0.4) is 0 Å². The summed E-state index contributed by atoms with van der Waals surface area (Å²) in [7, 11) is 0. The second-order valence-electron chi connectivity index (χ2n) is 3.99. The third-order valence-corrected chi connectivity index (χ3v) is 3.94. The maximum atomic E-state index is 11.2. The lowest BCUT2D eigenvalue weighted by Gasteiger charge is -2.15. The summed E-state index contributed by atoms with van der Waals surface area (Å²) in [5.74, 6) is -2.96. The molecular formula is C11H16O4. The van der Waals surface area contributed by atoms with Crippen LogP contribution in [0.1, 0.15) is 26.7 Å². The van der Waals surface area contributed by atoms with Crippen molar-refractivity contribution in [2.24, 2.45) is 16.7 Å². The smallest absolute Gasteiger partial charge is 0.322 e. The van der Waals surface area contributed by atoms with Crippen molar-refractivity contribution in [2.75, 3.05) is 0 Å².